The van der Waals surface area contributed by atoms with Crippen LogP contribution >= 0.6 is 24.8 Å². The highest BCUT2D eigenvalue weighted by Gasteiger charge is 2.30. The van der Waals surface area contributed by atoms with Crippen molar-refractivity contribution < 1.29 is 4.79 Å². The monoisotopic (exact) mass is 397 g/mol. The molecule has 6 nitrogen and oxygen atoms in total. The van der Waals surface area contributed by atoms with E-state index >= 15 is 0 Å². The number of amides is 1. The van der Waals surface area contributed by atoms with Gasteiger partial charge in [-0.2, -0.15) is 0 Å². The second-order valence-electron chi connectivity index (χ2n) is 6.83. The Kier molecular flexibility index (Phi) is 7.03. The van der Waals surface area contributed by atoms with Crippen LogP contribution in [-0.2, 0) is 17.9 Å². The van der Waals surface area contributed by atoms with Crippen molar-refractivity contribution in [2.45, 2.75) is 44.8 Å². The van der Waals surface area contributed by atoms with Gasteiger partial charge in [-0.15, -0.1) is 35.0 Å². The summed E-state index contributed by atoms with van der Waals surface area (Å²) in [5, 5.41) is 8.64. The summed E-state index contributed by atoms with van der Waals surface area (Å²) in [4.78, 5) is 14.5. The fourth-order valence-corrected chi connectivity index (χ4v) is 3.84. The highest BCUT2D eigenvalue weighted by atomic mass is 35.5. The van der Waals surface area contributed by atoms with Gasteiger partial charge in [0.1, 0.15) is 0 Å². The van der Waals surface area contributed by atoms with E-state index in [9.17, 15) is 4.79 Å². The van der Waals surface area contributed by atoms with Crippen molar-refractivity contribution in [2.75, 3.05) is 6.54 Å². The summed E-state index contributed by atoms with van der Waals surface area (Å²) in [5.74, 6) is 2.30. The lowest BCUT2D eigenvalue weighted by molar-refractivity contribution is -0.133. The number of rotatable bonds is 3. The van der Waals surface area contributed by atoms with Crippen molar-refractivity contribution in [3.05, 3.63) is 36.2 Å². The number of halogens is 2. The Morgan fingerprint density at radius 3 is 2.58 bits per heavy atom. The van der Waals surface area contributed by atoms with Crippen molar-refractivity contribution in [1.82, 2.24) is 19.7 Å². The quantitative estimate of drug-likeness (QED) is 0.863. The molecule has 2 atom stereocenters. The van der Waals surface area contributed by atoms with Crippen LogP contribution in [0.2, 0.25) is 0 Å². The van der Waals surface area contributed by atoms with E-state index in [0.717, 1.165) is 43.0 Å². The number of carbonyl (C=O) groups is 1. The molecule has 2 aliphatic rings. The Labute approximate surface area is 166 Å². The number of hydrogen-bond donors (Lipinski definition) is 1. The molecule has 4 rings (SSSR count). The molecule has 1 saturated carbocycles. The van der Waals surface area contributed by atoms with Crippen LogP contribution in [0.5, 0.6) is 0 Å². The van der Waals surface area contributed by atoms with Gasteiger partial charge in [0.05, 0.1) is 6.54 Å². The Morgan fingerprint density at radius 1 is 1.12 bits per heavy atom. The van der Waals surface area contributed by atoms with E-state index in [4.69, 9.17) is 5.73 Å². The zero-order valence-corrected chi connectivity index (χ0v) is 16.2. The summed E-state index contributed by atoms with van der Waals surface area (Å²) in [6.45, 7) is 2.00. The van der Waals surface area contributed by atoms with Gasteiger partial charge in [-0.05, 0) is 18.8 Å². The lowest BCUT2D eigenvalue weighted by atomic mass is 9.99. The van der Waals surface area contributed by atoms with E-state index in [1.165, 1.54) is 0 Å². The largest absolute Gasteiger partial charge is 0.333 e. The molecule has 2 aromatic rings. The summed E-state index contributed by atoms with van der Waals surface area (Å²) >= 11 is 0. The molecule has 1 aromatic heterocycles. The average molecular weight is 398 g/mol. The maximum absolute atomic E-state index is 12.6. The summed E-state index contributed by atoms with van der Waals surface area (Å²) in [6.07, 6.45) is 3.84. The highest BCUT2D eigenvalue weighted by molar-refractivity contribution is 5.85. The van der Waals surface area contributed by atoms with Gasteiger partial charge in [0.25, 0.3) is 0 Å². The lowest BCUT2D eigenvalue weighted by Crippen LogP contribution is -2.40. The van der Waals surface area contributed by atoms with Crippen molar-refractivity contribution >= 4 is 30.7 Å². The van der Waals surface area contributed by atoms with Crippen LogP contribution in [0.25, 0.3) is 11.4 Å². The molecule has 0 radical (unpaired) electrons. The molecular formula is C18H25Cl2N5O. The molecule has 1 amide bonds. The van der Waals surface area contributed by atoms with E-state index in [0.29, 0.717) is 25.4 Å². The topological polar surface area (TPSA) is 77.0 Å². The first kappa shape index (κ1) is 20.7. The van der Waals surface area contributed by atoms with Gasteiger partial charge in [-0.25, -0.2) is 0 Å². The minimum Gasteiger partial charge on any atom is -0.333 e. The van der Waals surface area contributed by atoms with Crippen LogP contribution in [-0.4, -0.2) is 38.2 Å². The maximum atomic E-state index is 12.6. The molecule has 142 valence electrons. The number of hydrogen-bond acceptors (Lipinski definition) is 4. The molecule has 2 N–H and O–H groups in total. The smallest absolute Gasteiger partial charge is 0.223 e. The minimum atomic E-state index is 0. The van der Waals surface area contributed by atoms with Gasteiger partial charge in [0.2, 0.25) is 5.91 Å². The molecule has 26 heavy (non-hydrogen) atoms. The third-order valence-electron chi connectivity index (χ3n) is 5.29. The van der Waals surface area contributed by atoms with Crippen LogP contribution in [0.3, 0.4) is 0 Å². The van der Waals surface area contributed by atoms with Crippen LogP contribution in [0, 0.1) is 5.92 Å². The number of aromatic nitrogens is 3. The Hall–Kier alpha value is -1.63. The van der Waals surface area contributed by atoms with Crippen LogP contribution < -0.4 is 5.73 Å². The molecule has 0 saturated heterocycles. The number of carbonyl (C=O) groups excluding carboxylic acids is 1. The first-order chi connectivity index (χ1) is 11.7. The predicted octanol–water partition coefficient (Wildman–Crippen LogP) is 2.65. The molecule has 0 unspecified atom stereocenters. The molecular weight excluding hydrogens is 373 g/mol. The lowest BCUT2D eigenvalue weighted by Gasteiger charge is -2.29. The van der Waals surface area contributed by atoms with E-state index < -0.39 is 0 Å². The number of benzene rings is 1. The SMILES string of the molecule is Cl.Cl.N[C@@H]1CCC[C@H]1CC(=O)N1CCn2c(nnc2-c2ccccc2)C1. The van der Waals surface area contributed by atoms with Crippen LogP contribution in [0.15, 0.2) is 30.3 Å². The van der Waals surface area contributed by atoms with Crippen molar-refractivity contribution in [3.8, 4) is 11.4 Å². The van der Waals surface area contributed by atoms with Crippen LogP contribution in [0.4, 0.5) is 0 Å². The fraction of sp³-hybridized carbons (Fsp3) is 0.500. The number of nitrogens with two attached hydrogens (primary N) is 1. The first-order valence-electron chi connectivity index (χ1n) is 8.73. The molecule has 0 spiro atoms. The average Bonchev–Trinajstić information content (AvgIpc) is 3.21. The van der Waals surface area contributed by atoms with Gasteiger partial charge < -0.3 is 15.2 Å². The number of nitrogens with zero attached hydrogens (tertiary/aromatic N) is 4. The summed E-state index contributed by atoms with van der Waals surface area (Å²) in [5.41, 5.74) is 7.17. The van der Waals surface area contributed by atoms with Gasteiger partial charge in [0.15, 0.2) is 11.6 Å². The zero-order chi connectivity index (χ0) is 16.5. The molecule has 1 aliphatic heterocycles. The molecule has 2 heterocycles. The van der Waals surface area contributed by atoms with E-state index in [1.807, 2.05) is 35.2 Å². The normalized spacial score (nSPS) is 21.5. The van der Waals surface area contributed by atoms with Crippen molar-refractivity contribution in [3.63, 3.8) is 0 Å². The van der Waals surface area contributed by atoms with Crippen molar-refractivity contribution in [2.24, 2.45) is 11.7 Å². The van der Waals surface area contributed by atoms with Gasteiger partial charge in [-0.3, -0.25) is 4.79 Å². The summed E-state index contributed by atoms with van der Waals surface area (Å²) < 4.78 is 2.13. The zero-order valence-electron chi connectivity index (χ0n) is 14.6. The Morgan fingerprint density at radius 2 is 1.88 bits per heavy atom. The van der Waals surface area contributed by atoms with Gasteiger partial charge in [0, 0.05) is 31.1 Å². The molecule has 1 aromatic carbocycles. The molecule has 8 heteroatoms. The Bertz CT molecular complexity index is 736. The Balaban J connectivity index is 0.00000121. The highest BCUT2D eigenvalue weighted by Crippen LogP contribution is 2.28. The van der Waals surface area contributed by atoms with E-state index in [2.05, 4.69) is 14.8 Å². The maximum Gasteiger partial charge on any atom is 0.223 e. The first-order valence-corrected chi connectivity index (χ1v) is 8.73. The molecule has 0 bridgehead atoms. The summed E-state index contributed by atoms with van der Waals surface area (Å²) in [6, 6.07) is 10.3. The van der Waals surface area contributed by atoms with Crippen molar-refractivity contribution in [1.29, 1.82) is 0 Å². The third kappa shape index (κ3) is 4.03. The molecule has 1 fully saturated rings. The second-order valence-corrected chi connectivity index (χ2v) is 6.83. The van der Waals surface area contributed by atoms with E-state index in [1.54, 1.807) is 0 Å². The second kappa shape index (κ2) is 8.84. The minimum absolute atomic E-state index is 0. The predicted molar refractivity (Wildman–Crippen MR) is 105 cm³/mol. The fourth-order valence-electron chi connectivity index (χ4n) is 3.84. The number of fused-ring (bicyclic) bond motifs is 1. The standard InChI is InChI=1S/C18H23N5O.2ClH/c19-15-8-4-7-14(15)11-17(24)22-9-10-23-16(12-22)20-21-18(23)13-5-2-1-3-6-13;;/h1-3,5-6,14-15H,4,7-12,19H2;2*1H/t14-,15+;;/m0../s1. The van der Waals surface area contributed by atoms with Gasteiger partial charge >= 0.3 is 0 Å². The third-order valence-corrected chi connectivity index (χ3v) is 5.29. The molecule has 1 aliphatic carbocycles. The van der Waals surface area contributed by atoms with E-state index in [-0.39, 0.29) is 36.8 Å². The van der Waals surface area contributed by atoms with Gasteiger partial charge in [-0.1, -0.05) is 36.8 Å². The van der Waals surface area contributed by atoms with Crippen LogP contribution in [0.1, 0.15) is 31.5 Å². The summed E-state index contributed by atoms with van der Waals surface area (Å²) in [7, 11) is 0.